The third-order valence-electron chi connectivity index (χ3n) is 3.43. The van der Waals surface area contributed by atoms with Crippen LogP contribution >= 0.6 is 0 Å². The average molecular weight is 327 g/mol. The standard InChI is InChI=1S/C15H14BNO4.CO2/c1-10-6-12(3-5-15(10)17-9-18)21-13-2-4-14-11(7-13)8-20-16(14)19;2-1-3/h2-7,9,19H,8H2,1H3,(H,17,18);. The first-order valence-electron chi connectivity index (χ1n) is 6.99. The molecule has 122 valence electrons. The maximum atomic E-state index is 10.5. The first kappa shape index (κ1) is 17.4. The molecule has 0 fully saturated rings. The van der Waals surface area contributed by atoms with Crippen molar-refractivity contribution in [1.29, 1.82) is 0 Å². The molecule has 0 aromatic heterocycles. The summed E-state index contributed by atoms with van der Waals surface area (Å²) in [7, 11) is -0.843. The number of nitrogens with one attached hydrogen (secondary N) is 1. The first-order valence-corrected chi connectivity index (χ1v) is 6.99. The minimum absolute atomic E-state index is 0.250. The quantitative estimate of drug-likeness (QED) is 0.641. The highest BCUT2D eigenvalue weighted by Gasteiger charge is 2.27. The minimum atomic E-state index is -0.843. The van der Waals surface area contributed by atoms with Crippen LogP contribution in [0.3, 0.4) is 0 Å². The number of fused-ring (bicyclic) bond motifs is 1. The van der Waals surface area contributed by atoms with Gasteiger partial charge in [-0.2, -0.15) is 9.59 Å². The molecule has 0 saturated heterocycles. The predicted molar refractivity (Wildman–Crippen MR) is 84.8 cm³/mol. The summed E-state index contributed by atoms with van der Waals surface area (Å²) < 4.78 is 10.9. The van der Waals surface area contributed by atoms with Gasteiger partial charge in [-0.05, 0) is 53.8 Å². The topological polar surface area (TPSA) is 102 Å². The lowest BCUT2D eigenvalue weighted by molar-refractivity contribution is -0.191. The van der Waals surface area contributed by atoms with E-state index in [0.29, 0.717) is 24.5 Å². The van der Waals surface area contributed by atoms with Crippen molar-refractivity contribution in [2.75, 3.05) is 5.32 Å². The summed E-state index contributed by atoms with van der Waals surface area (Å²) in [5, 5.41) is 12.2. The van der Waals surface area contributed by atoms with Gasteiger partial charge in [0.15, 0.2) is 0 Å². The van der Waals surface area contributed by atoms with Gasteiger partial charge in [0.2, 0.25) is 6.41 Å². The number of hydrogen-bond donors (Lipinski definition) is 2. The lowest BCUT2D eigenvalue weighted by Gasteiger charge is -2.10. The molecule has 1 aliphatic rings. The van der Waals surface area contributed by atoms with Crippen LogP contribution in [0.5, 0.6) is 11.5 Å². The van der Waals surface area contributed by atoms with E-state index in [1.54, 1.807) is 24.3 Å². The Hall–Kier alpha value is -2.93. The number of hydrogen-bond acceptors (Lipinski definition) is 6. The molecule has 0 bridgehead atoms. The van der Waals surface area contributed by atoms with Crippen LogP contribution in [0.1, 0.15) is 11.1 Å². The maximum Gasteiger partial charge on any atom is 0.491 e. The van der Waals surface area contributed by atoms with E-state index in [0.717, 1.165) is 22.3 Å². The number of ether oxygens (including phenoxy) is 1. The van der Waals surface area contributed by atoms with Crippen molar-refractivity contribution in [2.24, 2.45) is 0 Å². The van der Waals surface area contributed by atoms with E-state index in [2.05, 4.69) is 5.32 Å². The number of carbonyl (C=O) groups is 1. The summed E-state index contributed by atoms with van der Waals surface area (Å²) in [5.41, 5.74) is 3.38. The van der Waals surface area contributed by atoms with Gasteiger partial charge in [0.1, 0.15) is 11.5 Å². The fourth-order valence-corrected chi connectivity index (χ4v) is 2.33. The second-order valence-electron chi connectivity index (χ2n) is 4.95. The maximum absolute atomic E-state index is 10.5. The van der Waals surface area contributed by atoms with Gasteiger partial charge < -0.3 is 19.7 Å². The predicted octanol–water partition coefficient (Wildman–Crippen LogP) is 0.990. The smallest absolute Gasteiger partial charge is 0.457 e. The molecule has 0 spiro atoms. The highest BCUT2D eigenvalue weighted by atomic mass is 16.5. The molecule has 1 amide bonds. The molecule has 0 aliphatic carbocycles. The van der Waals surface area contributed by atoms with Crippen molar-refractivity contribution in [3.63, 3.8) is 0 Å². The molecule has 2 aromatic carbocycles. The third kappa shape index (κ3) is 4.08. The lowest BCUT2D eigenvalue weighted by Crippen LogP contribution is -2.27. The van der Waals surface area contributed by atoms with E-state index in [4.69, 9.17) is 19.0 Å². The average Bonchev–Trinajstić information content (AvgIpc) is 2.92. The van der Waals surface area contributed by atoms with Crippen molar-refractivity contribution in [2.45, 2.75) is 13.5 Å². The van der Waals surface area contributed by atoms with Crippen molar-refractivity contribution < 1.29 is 28.8 Å². The molecule has 2 aromatic rings. The summed E-state index contributed by atoms with van der Waals surface area (Å²) >= 11 is 0. The molecule has 24 heavy (non-hydrogen) atoms. The molecule has 0 unspecified atom stereocenters. The van der Waals surface area contributed by atoms with Crippen LogP contribution in [-0.2, 0) is 25.6 Å². The van der Waals surface area contributed by atoms with E-state index in [1.165, 1.54) is 0 Å². The zero-order valence-electron chi connectivity index (χ0n) is 12.8. The van der Waals surface area contributed by atoms with Gasteiger partial charge in [0.05, 0.1) is 6.61 Å². The highest BCUT2D eigenvalue weighted by molar-refractivity contribution is 6.61. The second kappa shape index (κ2) is 8.08. The molecular formula is C16H14BNO6. The Labute approximate surface area is 138 Å². The van der Waals surface area contributed by atoms with Crippen LogP contribution in [0.4, 0.5) is 5.69 Å². The fraction of sp³-hybridized carbons (Fsp3) is 0.125. The normalized spacial score (nSPS) is 11.7. The Balaban J connectivity index is 0.000000647. The van der Waals surface area contributed by atoms with E-state index in [-0.39, 0.29) is 6.15 Å². The Bertz CT molecular complexity index is 773. The van der Waals surface area contributed by atoms with Crippen molar-refractivity contribution in [1.82, 2.24) is 0 Å². The Morgan fingerprint density at radius 3 is 2.58 bits per heavy atom. The molecule has 2 N–H and O–H groups in total. The third-order valence-corrected chi connectivity index (χ3v) is 3.43. The molecule has 1 heterocycles. The number of carbonyl (C=O) groups excluding carboxylic acids is 3. The van der Waals surface area contributed by atoms with Crippen LogP contribution in [0, 0.1) is 6.92 Å². The Morgan fingerprint density at radius 2 is 1.92 bits per heavy atom. The highest BCUT2D eigenvalue weighted by Crippen LogP contribution is 2.27. The van der Waals surface area contributed by atoms with Gasteiger partial charge in [-0.1, -0.05) is 6.07 Å². The molecule has 0 atom stereocenters. The van der Waals surface area contributed by atoms with E-state index in [9.17, 15) is 9.82 Å². The van der Waals surface area contributed by atoms with Crippen LogP contribution in [0.25, 0.3) is 0 Å². The van der Waals surface area contributed by atoms with Crippen molar-refractivity contribution in [3.05, 3.63) is 47.5 Å². The van der Waals surface area contributed by atoms with Gasteiger partial charge in [0.25, 0.3) is 0 Å². The number of aryl methyl sites for hydroxylation is 1. The summed E-state index contributed by atoms with van der Waals surface area (Å²) in [6.07, 6.45) is 0.897. The number of benzene rings is 2. The Kier molecular flexibility index (Phi) is 5.86. The number of rotatable bonds is 4. The van der Waals surface area contributed by atoms with Crippen LogP contribution in [-0.4, -0.2) is 24.7 Å². The van der Waals surface area contributed by atoms with Gasteiger partial charge >= 0.3 is 13.3 Å². The molecule has 0 saturated carbocycles. The zero-order chi connectivity index (χ0) is 17.5. The molecule has 8 heteroatoms. The molecular weight excluding hydrogens is 313 g/mol. The molecule has 7 nitrogen and oxygen atoms in total. The summed E-state index contributed by atoms with van der Waals surface area (Å²) in [5.74, 6) is 1.37. The fourth-order valence-electron chi connectivity index (χ4n) is 2.33. The van der Waals surface area contributed by atoms with Crippen molar-refractivity contribution in [3.8, 4) is 11.5 Å². The van der Waals surface area contributed by atoms with Crippen LogP contribution < -0.4 is 15.5 Å². The monoisotopic (exact) mass is 327 g/mol. The molecule has 0 radical (unpaired) electrons. The molecule has 3 rings (SSSR count). The van der Waals surface area contributed by atoms with Gasteiger partial charge in [-0.15, -0.1) is 0 Å². The zero-order valence-corrected chi connectivity index (χ0v) is 12.8. The Morgan fingerprint density at radius 1 is 1.25 bits per heavy atom. The number of amides is 1. The largest absolute Gasteiger partial charge is 0.491 e. The summed E-state index contributed by atoms with van der Waals surface area (Å²) in [6, 6.07) is 10.9. The SMILES string of the molecule is Cc1cc(Oc2ccc3c(c2)COB3O)ccc1NC=O.O=C=O. The lowest BCUT2D eigenvalue weighted by atomic mass is 9.80. The van der Waals surface area contributed by atoms with Crippen LogP contribution in [0.2, 0.25) is 0 Å². The van der Waals surface area contributed by atoms with E-state index >= 15 is 0 Å². The summed E-state index contributed by atoms with van der Waals surface area (Å²) in [6.45, 7) is 2.28. The number of anilines is 1. The molecule has 1 aliphatic heterocycles. The van der Waals surface area contributed by atoms with Gasteiger partial charge in [-0.3, -0.25) is 4.79 Å². The van der Waals surface area contributed by atoms with Crippen LogP contribution in [0.15, 0.2) is 36.4 Å². The van der Waals surface area contributed by atoms with Crippen molar-refractivity contribution >= 4 is 30.8 Å². The van der Waals surface area contributed by atoms with E-state index < -0.39 is 7.12 Å². The second-order valence-corrected chi connectivity index (χ2v) is 4.95. The summed E-state index contributed by atoms with van der Waals surface area (Å²) in [4.78, 5) is 26.7. The van der Waals surface area contributed by atoms with Gasteiger partial charge in [-0.25, -0.2) is 0 Å². The minimum Gasteiger partial charge on any atom is -0.457 e. The van der Waals surface area contributed by atoms with Gasteiger partial charge in [0, 0.05) is 5.69 Å². The first-order chi connectivity index (χ1) is 11.6. The van der Waals surface area contributed by atoms with E-state index in [1.807, 2.05) is 19.1 Å².